The first-order chi connectivity index (χ1) is 11.8. The maximum atomic E-state index is 6.20. The van der Waals surface area contributed by atoms with E-state index in [4.69, 9.17) is 4.74 Å². The van der Waals surface area contributed by atoms with Crippen molar-refractivity contribution < 1.29 is 4.74 Å². The van der Waals surface area contributed by atoms with E-state index in [0.29, 0.717) is 0 Å². The summed E-state index contributed by atoms with van der Waals surface area (Å²) in [4.78, 5) is 2.21. The number of aryl methyl sites for hydroxylation is 1. The molecular weight excluding hydrogens is 294 g/mol. The molecule has 1 unspecified atom stereocenters. The third kappa shape index (κ3) is 7.29. The van der Waals surface area contributed by atoms with E-state index in [1.54, 1.807) is 0 Å². The number of unbranched alkanes of at least 4 members (excludes halogenated alkanes) is 1. The lowest BCUT2D eigenvalue weighted by atomic mass is 10.0. The van der Waals surface area contributed by atoms with E-state index in [1.165, 1.54) is 24.0 Å². The fraction of sp³-hybridized carbons (Fsp3) is 0.455. The van der Waals surface area contributed by atoms with Gasteiger partial charge in [-0.3, -0.25) is 0 Å². The van der Waals surface area contributed by atoms with Crippen LogP contribution >= 0.6 is 0 Å². The van der Waals surface area contributed by atoms with Crippen LogP contribution in [0.3, 0.4) is 0 Å². The molecule has 2 heteroatoms. The molecule has 130 valence electrons. The topological polar surface area (TPSA) is 12.5 Å². The van der Waals surface area contributed by atoms with Gasteiger partial charge in [0.15, 0.2) is 0 Å². The minimum Gasteiger partial charge on any atom is -0.373 e. The fourth-order valence-corrected chi connectivity index (χ4v) is 2.92. The first-order valence-electron chi connectivity index (χ1n) is 9.11. The Balaban J connectivity index is 1.77. The molecule has 0 aliphatic carbocycles. The van der Waals surface area contributed by atoms with Gasteiger partial charge < -0.3 is 9.64 Å². The third-order valence-corrected chi connectivity index (χ3v) is 4.26. The molecule has 0 heterocycles. The lowest BCUT2D eigenvalue weighted by Crippen LogP contribution is -2.16. The van der Waals surface area contributed by atoms with Crippen molar-refractivity contribution in [2.45, 2.75) is 38.2 Å². The van der Waals surface area contributed by atoms with Gasteiger partial charge in [0, 0.05) is 6.61 Å². The molecule has 0 aromatic heterocycles. The molecule has 0 spiro atoms. The van der Waals surface area contributed by atoms with Crippen LogP contribution in [0, 0.1) is 0 Å². The maximum Gasteiger partial charge on any atom is 0.0824 e. The Morgan fingerprint density at radius 2 is 1.50 bits per heavy atom. The Kier molecular flexibility index (Phi) is 8.58. The van der Waals surface area contributed by atoms with Gasteiger partial charge in [-0.1, -0.05) is 67.1 Å². The van der Waals surface area contributed by atoms with Crippen LogP contribution in [-0.2, 0) is 11.2 Å². The highest BCUT2D eigenvalue weighted by Crippen LogP contribution is 2.24. The van der Waals surface area contributed by atoms with Crippen LogP contribution < -0.4 is 0 Å². The first kappa shape index (κ1) is 18.7. The van der Waals surface area contributed by atoms with Crippen LogP contribution in [0.1, 0.15) is 42.9 Å². The van der Waals surface area contributed by atoms with Crippen molar-refractivity contribution in [2.75, 3.05) is 27.2 Å². The lowest BCUT2D eigenvalue weighted by molar-refractivity contribution is 0.0406. The molecule has 0 N–H and O–H groups in total. The normalized spacial score (nSPS) is 12.5. The second-order valence-electron chi connectivity index (χ2n) is 6.66. The van der Waals surface area contributed by atoms with Crippen molar-refractivity contribution in [3.05, 3.63) is 71.8 Å². The molecule has 0 radical (unpaired) electrons. The largest absolute Gasteiger partial charge is 0.373 e. The lowest BCUT2D eigenvalue weighted by Gasteiger charge is -2.19. The van der Waals surface area contributed by atoms with Crippen molar-refractivity contribution in [3.8, 4) is 0 Å². The van der Waals surface area contributed by atoms with Crippen LogP contribution in [0.5, 0.6) is 0 Å². The van der Waals surface area contributed by atoms with Gasteiger partial charge in [-0.25, -0.2) is 0 Å². The van der Waals surface area contributed by atoms with Crippen LogP contribution in [0.15, 0.2) is 60.7 Å². The highest BCUT2D eigenvalue weighted by molar-refractivity contribution is 5.17. The molecule has 0 saturated heterocycles. The van der Waals surface area contributed by atoms with Crippen molar-refractivity contribution in [3.63, 3.8) is 0 Å². The van der Waals surface area contributed by atoms with E-state index in [9.17, 15) is 0 Å². The number of benzene rings is 2. The van der Waals surface area contributed by atoms with Gasteiger partial charge in [0.25, 0.3) is 0 Å². The van der Waals surface area contributed by atoms with E-state index < -0.39 is 0 Å². The summed E-state index contributed by atoms with van der Waals surface area (Å²) < 4.78 is 6.20. The standard InChI is InChI=1S/C22H31NO/c1-23(2)18-11-19-24-22(21-15-7-4-8-16-21)17-10-9-14-20-12-5-3-6-13-20/h3-8,12-13,15-16,22H,9-11,14,17-19H2,1-2H3. The SMILES string of the molecule is CN(C)CCCOC(CCCCc1ccccc1)c1ccccc1. The van der Waals surface area contributed by atoms with Gasteiger partial charge in [-0.05, 0) is 57.5 Å². The molecular formula is C22H31NO. The smallest absolute Gasteiger partial charge is 0.0824 e. The van der Waals surface area contributed by atoms with Crippen LogP contribution in [0.4, 0.5) is 0 Å². The van der Waals surface area contributed by atoms with Gasteiger partial charge in [0.05, 0.1) is 6.10 Å². The number of ether oxygens (including phenoxy) is 1. The molecule has 2 aromatic carbocycles. The van der Waals surface area contributed by atoms with E-state index in [0.717, 1.165) is 32.4 Å². The number of nitrogens with zero attached hydrogens (tertiary/aromatic N) is 1. The van der Waals surface area contributed by atoms with E-state index >= 15 is 0 Å². The van der Waals surface area contributed by atoms with Gasteiger partial charge in [0.1, 0.15) is 0 Å². The monoisotopic (exact) mass is 325 g/mol. The summed E-state index contributed by atoms with van der Waals surface area (Å²) in [5.41, 5.74) is 2.74. The molecule has 0 saturated carbocycles. The van der Waals surface area contributed by atoms with E-state index in [2.05, 4.69) is 79.7 Å². The van der Waals surface area contributed by atoms with Crippen LogP contribution in [0.2, 0.25) is 0 Å². The molecule has 2 rings (SSSR count). The predicted octanol–water partition coefficient (Wildman–Crippen LogP) is 5.11. The molecule has 2 aromatic rings. The number of hydrogen-bond acceptors (Lipinski definition) is 2. The maximum absolute atomic E-state index is 6.20. The van der Waals surface area contributed by atoms with Crippen molar-refractivity contribution in [1.82, 2.24) is 4.90 Å². The molecule has 0 aliphatic rings. The predicted molar refractivity (Wildman–Crippen MR) is 102 cm³/mol. The summed E-state index contributed by atoms with van der Waals surface area (Å²) in [5, 5.41) is 0. The molecule has 0 fully saturated rings. The summed E-state index contributed by atoms with van der Waals surface area (Å²) in [6.45, 7) is 1.91. The van der Waals surface area contributed by atoms with Gasteiger partial charge in [-0.15, -0.1) is 0 Å². The van der Waals surface area contributed by atoms with Crippen molar-refractivity contribution >= 4 is 0 Å². The summed E-state index contributed by atoms with van der Waals surface area (Å²) in [6, 6.07) is 21.4. The zero-order valence-corrected chi connectivity index (χ0v) is 15.2. The van der Waals surface area contributed by atoms with Crippen molar-refractivity contribution in [1.29, 1.82) is 0 Å². The highest BCUT2D eigenvalue weighted by Gasteiger charge is 2.11. The molecule has 24 heavy (non-hydrogen) atoms. The number of hydrogen-bond donors (Lipinski definition) is 0. The van der Waals surface area contributed by atoms with Gasteiger partial charge >= 0.3 is 0 Å². The zero-order chi connectivity index (χ0) is 17.0. The summed E-state index contributed by atoms with van der Waals surface area (Å²) in [7, 11) is 4.22. The molecule has 1 atom stereocenters. The van der Waals surface area contributed by atoms with E-state index in [1.807, 2.05) is 0 Å². The molecule has 0 aliphatic heterocycles. The molecule has 2 nitrogen and oxygen atoms in total. The summed E-state index contributed by atoms with van der Waals surface area (Å²) in [5.74, 6) is 0. The minimum absolute atomic E-state index is 0.226. The first-order valence-corrected chi connectivity index (χ1v) is 9.11. The minimum atomic E-state index is 0.226. The van der Waals surface area contributed by atoms with Gasteiger partial charge in [0.2, 0.25) is 0 Å². The average molecular weight is 325 g/mol. The molecule has 0 amide bonds. The Labute approximate surface area is 147 Å². The Bertz CT molecular complexity index is 538. The Hall–Kier alpha value is -1.64. The molecule has 0 bridgehead atoms. The average Bonchev–Trinajstić information content (AvgIpc) is 2.62. The quantitative estimate of drug-likeness (QED) is 0.532. The Morgan fingerprint density at radius 3 is 2.17 bits per heavy atom. The highest BCUT2D eigenvalue weighted by atomic mass is 16.5. The fourth-order valence-electron chi connectivity index (χ4n) is 2.92. The van der Waals surface area contributed by atoms with Crippen LogP contribution in [-0.4, -0.2) is 32.1 Å². The van der Waals surface area contributed by atoms with Gasteiger partial charge in [-0.2, -0.15) is 0 Å². The van der Waals surface area contributed by atoms with Crippen molar-refractivity contribution in [2.24, 2.45) is 0 Å². The summed E-state index contributed by atoms with van der Waals surface area (Å²) >= 11 is 0. The Morgan fingerprint density at radius 1 is 0.833 bits per heavy atom. The second kappa shape index (κ2) is 11.0. The number of rotatable bonds is 11. The zero-order valence-electron chi connectivity index (χ0n) is 15.2. The van der Waals surface area contributed by atoms with E-state index in [-0.39, 0.29) is 6.10 Å². The van der Waals surface area contributed by atoms with Crippen LogP contribution in [0.25, 0.3) is 0 Å². The third-order valence-electron chi connectivity index (χ3n) is 4.26. The second-order valence-corrected chi connectivity index (χ2v) is 6.66. The summed E-state index contributed by atoms with van der Waals surface area (Å²) in [6.07, 6.45) is 5.97.